The maximum Gasteiger partial charge on any atom is 0.282 e. The summed E-state index contributed by atoms with van der Waals surface area (Å²) in [5.41, 5.74) is 10.2. The number of allylic oxidation sites excluding steroid dienone is 10. The Morgan fingerprint density at radius 3 is 2.67 bits per heavy atom. The Kier molecular flexibility index (Phi) is 6.86. The average Bonchev–Trinajstić information content (AvgIpc) is 3.15. The van der Waals surface area contributed by atoms with Crippen molar-refractivity contribution in [2.75, 3.05) is 12.3 Å². The Labute approximate surface area is 193 Å². The number of aromatic nitrogens is 4. The number of fused-ring (bicyclic) bond motifs is 1. The van der Waals surface area contributed by atoms with Gasteiger partial charge in [0.2, 0.25) is 5.95 Å². The third kappa shape index (κ3) is 5.22. The van der Waals surface area contributed by atoms with E-state index in [2.05, 4.69) is 48.2 Å². The number of nitrogens with one attached hydrogen (secondary N) is 1. The van der Waals surface area contributed by atoms with E-state index < -0.39 is 5.56 Å². The summed E-state index contributed by atoms with van der Waals surface area (Å²) < 4.78 is 2.42. The minimum atomic E-state index is -0.392. The zero-order valence-corrected chi connectivity index (χ0v) is 20.1. The number of rotatable bonds is 5. The van der Waals surface area contributed by atoms with E-state index in [1.807, 2.05) is 32.1 Å². The van der Waals surface area contributed by atoms with Crippen molar-refractivity contribution in [1.29, 1.82) is 0 Å². The number of nitrogens with two attached hydrogens (primary N) is 1. The predicted molar refractivity (Wildman–Crippen MR) is 133 cm³/mol. The van der Waals surface area contributed by atoms with Gasteiger partial charge in [0.1, 0.15) is 6.33 Å². The molecule has 0 aromatic carbocycles. The van der Waals surface area contributed by atoms with Gasteiger partial charge >= 0.3 is 0 Å². The lowest BCUT2D eigenvalue weighted by Crippen LogP contribution is -2.31. The van der Waals surface area contributed by atoms with Crippen LogP contribution in [0.2, 0.25) is 0 Å². The monoisotopic (exact) mass is 448 g/mol. The van der Waals surface area contributed by atoms with E-state index in [0.717, 1.165) is 24.1 Å². The van der Waals surface area contributed by atoms with E-state index in [9.17, 15) is 9.59 Å². The Morgan fingerprint density at radius 2 is 1.97 bits per heavy atom. The normalized spacial score (nSPS) is 17.4. The second kappa shape index (κ2) is 9.44. The lowest BCUT2D eigenvalue weighted by atomic mass is 9.77. The fraction of sp³-hybridized carbons (Fsp3) is 0.360. The van der Waals surface area contributed by atoms with Crippen LogP contribution in [0.15, 0.2) is 70.0 Å². The van der Waals surface area contributed by atoms with Gasteiger partial charge in [-0.3, -0.25) is 14.2 Å². The molecular formula is C25H32N6O2. The van der Waals surface area contributed by atoms with E-state index >= 15 is 0 Å². The van der Waals surface area contributed by atoms with Crippen LogP contribution in [-0.4, -0.2) is 31.6 Å². The molecule has 8 nitrogen and oxygen atoms in total. The van der Waals surface area contributed by atoms with E-state index in [-0.39, 0.29) is 28.4 Å². The minimum absolute atomic E-state index is 0.0228. The van der Waals surface area contributed by atoms with Crippen LogP contribution in [0, 0.1) is 5.41 Å². The number of hydrogen-bond acceptors (Lipinski definition) is 6. The highest BCUT2D eigenvalue weighted by Gasteiger charge is 2.26. The van der Waals surface area contributed by atoms with E-state index in [1.165, 1.54) is 39.9 Å². The SMILES string of the molecule is CC1=C(/C=C/C(C)=C/C=C/C(C)=C/C(=O)n2cnc3c(=O)n(C)c(N)nc32)C(C)(C)CCN1. The molecule has 2 aromatic heterocycles. The first-order valence-corrected chi connectivity index (χ1v) is 10.9. The van der Waals surface area contributed by atoms with Gasteiger partial charge in [-0.2, -0.15) is 4.98 Å². The summed E-state index contributed by atoms with van der Waals surface area (Å²) in [5.74, 6) is -0.329. The molecule has 0 spiro atoms. The fourth-order valence-corrected chi connectivity index (χ4v) is 3.79. The molecule has 8 heteroatoms. The van der Waals surface area contributed by atoms with E-state index in [4.69, 9.17) is 5.73 Å². The van der Waals surface area contributed by atoms with Crippen LogP contribution < -0.4 is 16.6 Å². The molecule has 0 radical (unpaired) electrons. The largest absolute Gasteiger partial charge is 0.388 e. The van der Waals surface area contributed by atoms with Gasteiger partial charge in [-0.15, -0.1) is 0 Å². The smallest absolute Gasteiger partial charge is 0.282 e. The molecule has 0 amide bonds. The first kappa shape index (κ1) is 24.0. The zero-order chi connectivity index (χ0) is 24.3. The Morgan fingerprint density at radius 1 is 1.24 bits per heavy atom. The van der Waals surface area contributed by atoms with Crippen LogP contribution in [0.1, 0.15) is 45.8 Å². The van der Waals surface area contributed by atoms with Gasteiger partial charge in [0.15, 0.2) is 11.2 Å². The van der Waals surface area contributed by atoms with Crippen molar-refractivity contribution >= 4 is 23.0 Å². The van der Waals surface area contributed by atoms with Gasteiger partial charge in [-0.25, -0.2) is 9.55 Å². The number of carbonyl (C=O) groups is 1. The quantitative estimate of drug-likeness (QED) is 0.534. The number of nitrogens with zero attached hydrogens (tertiary/aromatic N) is 4. The lowest BCUT2D eigenvalue weighted by molar-refractivity contribution is 0.0972. The van der Waals surface area contributed by atoms with Crippen molar-refractivity contribution in [2.45, 2.75) is 41.0 Å². The fourth-order valence-electron chi connectivity index (χ4n) is 3.79. The molecule has 33 heavy (non-hydrogen) atoms. The summed E-state index contributed by atoms with van der Waals surface area (Å²) in [6, 6.07) is 0. The predicted octanol–water partition coefficient (Wildman–Crippen LogP) is 3.65. The van der Waals surface area contributed by atoms with Crippen LogP contribution in [0.25, 0.3) is 11.2 Å². The van der Waals surface area contributed by atoms with Gasteiger partial charge in [-0.05, 0) is 43.8 Å². The van der Waals surface area contributed by atoms with Crippen molar-refractivity contribution < 1.29 is 4.79 Å². The van der Waals surface area contributed by atoms with Crippen molar-refractivity contribution in [3.05, 3.63) is 75.6 Å². The van der Waals surface area contributed by atoms with Crippen molar-refractivity contribution in [3.8, 4) is 0 Å². The van der Waals surface area contributed by atoms with Crippen molar-refractivity contribution in [2.24, 2.45) is 12.5 Å². The molecule has 1 aliphatic rings. The molecule has 0 atom stereocenters. The summed E-state index contributed by atoms with van der Waals surface area (Å²) in [5, 5.41) is 3.44. The molecule has 0 aliphatic carbocycles. The molecule has 3 N–H and O–H groups in total. The molecule has 1 aliphatic heterocycles. The topological polar surface area (TPSA) is 108 Å². The van der Waals surface area contributed by atoms with Gasteiger partial charge in [0.05, 0.1) is 0 Å². The molecule has 2 aromatic rings. The molecule has 0 saturated heterocycles. The average molecular weight is 449 g/mol. The molecule has 0 unspecified atom stereocenters. The standard InChI is InChI=1S/C25H32N6O2/c1-16(10-11-19-18(3)27-13-12-25(19,4)5)8-7-9-17(2)14-20(32)31-15-28-21-22(31)29-24(26)30(6)23(21)33/h7-11,14-15,27H,12-13H2,1-6H3,(H2,26,29)/b9-7+,11-10+,16-8+,17-14+. The van der Waals surface area contributed by atoms with Crippen molar-refractivity contribution in [1.82, 2.24) is 24.4 Å². The Hall–Kier alpha value is -3.68. The highest BCUT2D eigenvalue weighted by Crippen LogP contribution is 2.35. The van der Waals surface area contributed by atoms with Crippen LogP contribution in [-0.2, 0) is 7.05 Å². The second-order valence-corrected chi connectivity index (χ2v) is 9.05. The zero-order valence-electron chi connectivity index (χ0n) is 20.1. The lowest BCUT2D eigenvalue weighted by Gasteiger charge is -2.33. The summed E-state index contributed by atoms with van der Waals surface area (Å²) in [6.07, 6.45) is 13.9. The number of carbonyl (C=O) groups excluding carboxylic acids is 1. The maximum atomic E-state index is 12.7. The van der Waals surface area contributed by atoms with Crippen LogP contribution in [0.5, 0.6) is 0 Å². The van der Waals surface area contributed by atoms with E-state index in [1.54, 1.807) is 0 Å². The number of nitrogen functional groups attached to an aromatic ring is 1. The summed E-state index contributed by atoms with van der Waals surface area (Å²) in [7, 11) is 1.51. The highest BCUT2D eigenvalue weighted by molar-refractivity contribution is 5.96. The molecule has 3 heterocycles. The molecular weight excluding hydrogens is 416 g/mol. The molecule has 0 fully saturated rings. The van der Waals surface area contributed by atoms with Crippen LogP contribution >= 0.6 is 0 Å². The maximum absolute atomic E-state index is 12.7. The van der Waals surface area contributed by atoms with Crippen LogP contribution in [0.3, 0.4) is 0 Å². The summed E-state index contributed by atoms with van der Waals surface area (Å²) in [6.45, 7) is 11.5. The molecule has 0 bridgehead atoms. The first-order valence-electron chi connectivity index (χ1n) is 10.9. The van der Waals surface area contributed by atoms with Gasteiger partial charge in [0.25, 0.3) is 11.5 Å². The summed E-state index contributed by atoms with van der Waals surface area (Å²) >= 11 is 0. The summed E-state index contributed by atoms with van der Waals surface area (Å²) in [4.78, 5) is 33.1. The molecule has 3 rings (SSSR count). The number of anilines is 1. The second-order valence-electron chi connectivity index (χ2n) is 9.05. The molecule has 174 valence electrons. The Balaban J connectivity index is 1.74. The number of hydrogen-bond donors (Lipinski definition) is 2. The van der Waals surface area contributed by atoms with Crippen LogP contribution in [0.4, 0.5) is 5.95 Å². The van der Waals surface area contributed by atoms with E-state index in [0.29, 0.717) is 0 Å². The Bertz CT molecular complexity index is 1300. The first-order chi connectivity index (χ1) is 15.5. The van der Waals surface area contributed by atoms with Gasteiger partial charge in [0, 0.05) is 25.4 Å². The number of imidazole rings is 1. The van der Waals surface area contributed by atoms with Crippen molar-refractivity contribution in [3.63, 3.8) is 0 Å². The third-order valence-corrected chi connectivity index (χ3v) is 5.91. The minimum Gasteiger partial charge on any atom is -0.388 e. The van der Waals surface area contributed by atoms with Gasteiger partial charge < -0.3 is 11.1 Å². The third-order valence-electron chi connectivity index (χ3n) is 5.91. The van der Waals surface area contributed by atoms with Gasteiger partial charge in [-0.1, -0.05) is 49.8 Å². The highest BCUT2D eigenvalue weighted by atomic mass is 16.2. The molecule has 0 saturated carbocycles.